The van der Waals surface area contributed by atoms with Crippen molar-refractivity contribution in [2.45, 2.75) is 33.6 Å². The van der Waals surface area contributed by atoms with Crippen LogP contribution in [0.3, 0.4) is 0 Å². The van der Waals surface area contributed by atoms with Crippen LogP contribution in [0.25, 0.3) is 0 Å². The third-order valence-corrected chi connectivity index (χ3v) is 3.93. The molecule has 64 valence electrons. The van der Waals surface area contributed by atoms with Crippen LogP contribution in [0.1, 0.15) is 33.6 Å². The van der Waals surface area contributed by atoms with Gasteiger partial charge in [0.15, 0.2) is 0 Å². The predicted molar refractivity (Wildman–Crippen MR) is 47.6 cm³/mol. The van der Waals surface area contributed by atoms with Gasteiger partial charge in [-0.3, -0.25) is 0 Å². The van der Waals surface area contributed by atoms with E-state index in [0.29, 0.717) is 10.8 Å². The molecule has 2 aliphatic heterocycles. The summed E-state index contributed by atoms with van der Waals surface area (Å²) in [5, 5.41) is 0. The first-order valence-electron chi connectivity index (χ1n) is 4.76. The third-order valence-electron chi connectivity index (χ3n) is 3.93. The molecule has 0 aromatic heterocycles. The highest BCUT2D eigenvalue weighted by molar-refractivity contribution is 5.02. The maximum absolute atomic E-state index is 2.62. The molecule has 1 heteroatoms. The molecule has 0 unspecified atom stereocenters. The van der Waals surface area contributed by atoms with E-state index in [1.165, 1.54) is 32.5 Å². The average Bonchev–Trinajstić information content (AvgIpc) is 2.42. The highest BCUT2D eigenvalue weighted by Crippen LogP contribution is 2.52. The molecule has 0 N–H and O–H groups in total. The van der Waals surface area contributed by atoms with Gasteiger partial charge in [-0.15, -0.1) is 0 Å². The lowest BCUT2D eigenvalue weighted by Crippen LogP contribution is -2.34. The normalized spacial score (nSPS) is 43.4. The van der Waals surface area contributed by atoms with Crippen molar-refractivity contribution < 1.29 is 0 Å². The van der Waals surface area contributed by atoms with Gasteiger partial charge in [-0.05, 0) is 36.8 Å². The number of hydrogen-bond acceptors (Lipinski definition) is 1. The van der Waals surface area contributed by atoms with Gasteiger partial charge in [0.1, 0.15) is 0 Å². The molecule has 11 heavy (non-hydrogen) atoms. The van der Waals surface area contributed by atoms with Gasteiger partial charge in [-0.25, -0.2) is 0 Å². The van der Waals surface area contributed by atoms with Crippen molar-refractivity contribution in [2.75, 3.05) is 19.6 Å². The number of fused-ring (bicyclic) bond motifs is 2. The highest BCUT2D eigenvalue weighted by atomic mass is 15.2. The van der Waals surface area contributed by atoms with Crippen molar-refractivity contribution in [3.05, 3.63) is 0 Å². The average molecular weight is 153 g/mol. The quantitative estimate of drug-likeness (QED) is 0.515. The molecule has 0 aromatic carbocycles. The molecule has 0 radical (unpaired) electrons. The minimum Gasteiger partial charge on any atom is -0.303 e. The lowest BCUT2D eigenvalue weighted by Gasteiger charge is -2.39. The van der Waals surface area contributed by atoms with E-state index in [1.807, 2.05) is 0 Å². The summed E-state index contributed by atoms with van der Waals surface area (Å²) >= 11 is 0. The smallest absolute Gasteiger partial charge is 0.00440 e. The monoisotopic (exact) mass is 153 g/mol. The first-order valence-corrected chi connectivity index (χ1v) is 4.76. The fourth-order valence-electron chi connectivity index (χ4n) is 2.71. The summed E-state index contributed by atoms with van der Waals surface area (Å²) in [5.74, 6) is 0. The third kappa shape index (κ3) is 0.936. The van der Waals surface area contributed by atoms with E-state index >= 15 is 0 Å². The highest BCUT2D eigenvalue weighted by Gasteiger charge is 2.50. The molecule has 0 aromatic rings. The molecule has 2 rings (SSSR count). The van der Waals surface area contributed by atoms with E-state index in [9.17, 15) is 0 Å². The van der Waals surface area contributed by atoms with Crippen LogP contribution in [-0.2, 0) is 0 Å². The number of rotatable bonds is 0. The van der Waals surface area contributed by atoms with Crippen LogP contribution < -0.4 is 0 Å². The van der Waals surface area contributed by atoms with Crippen molar-refractivity contribution in [3.63, 3.8) is 0 Å². The van der Waals surface area contributed by atoms with Crippen LogP contribution in [0.15, 0.2) is 0 Å². The molecule has 0 spiro atoms. The summed E-state index contributed by atoms with van der Waals surface area (Å²) in [6.45, 7) is 11.3. The van der Waals surface area contributed by atoms with Crippen molar-refractivity contribution >= 4 is 0 Å². The van der Waals surface area contributed by atoms with Crippen molar-refractivity contribution in [3.8, 4) is 0 Å². The fourth-order valence-corrected chi connectivity index (χ4v) is 2.71. The molecular weight excluding hydrogens is 134 g/mol. The van der Waals surface area contributed by atoms with Gasteiger partial charge in [0.2, 0.25) is 0 Å². The van der Waals surface area contributed by atoms with E-state index in [4.69, 9.17) is 0 Å². The van der Waals surface area contributed by atoms with E-state index in [-0.39, 0.29) is 0 Å². The Morgan fingerprint density at radius 3 is 1.82 bits per heavy atom. The van der Waals surface area contributed by atoms with E-state index in [2.05, 4.69) is 25.7 Å². The summed E-state index contributed by atoms with van der Waals surface area (Å²) in [6.07, 6.45) is 2.88. The molecule has 0 aliphatic carbocycles. The van der Waals surface area contributed by atoms with Gasteiger partial charge in [0, 0.05) is 6.54 Å². The second-order valence-electron chi connectivity index (χ2n) is 5.31. The predicted octanol–water partition coefficient (Wildman–Crippen LogP) is 2.13. The molecule has 2 heterocycles. The Hall–Kier alpha value is -0.0400. The summed E-state index contributed by atoms with van der Waals surface area (Å²) in [4.78, 5) is 2.62. The number of piperidine rings is 1. The van der Waals surface area contributed by atoms with Gasteiger partial charge >= 0.3 is 0 Å². The van der Waals surface area contributed by atoms with Crippen LogP contribution in [0.2, 0.25) is 0 Å². The van der Waals surface area contributed by atoms with Gasteiger partial charge in [-0.2, -0.15) is 0 Å². The lowest BCUT2D eigenvalue weighted by atomic mass is 9.65. The van der Waals surface area contributed by atoms with E-state index < -0.39 is 0 Å². The Bertz CT molecular complexity index is 158. The summed E-state index contributed by atoms with van der Waals surface area (Å²) < 4.78 is 0. The maximum atomic E-state index is 2.62. The fraction of sp³-hybridized carbons (Fsp3) is 1.00. The van der Waals surface area contributed by atoms with Crippen LogP contribution in [0, 0.1) is 10.8 Å². The van der Waals surface area contributed by atoms with Gasteiger partial charge < -0.3 is 4.90 Å². The Morgan fingerprint density at radius 1 is 1.09 bits per heavy atom. The van der Waals surface area contributed by atoms with Crippen LogP contribution in [-0.4, -0.2) is 24.5 Å². The zero-order valence-electron chi connectivity index (χ0n) is 7.98. The van der Waals surface area contributed by atoms with E-state index in [1.54, 1.807) is 0 Å². The molecule has 0 amide bonds. The topological polar surface area (TPSA) is 3.24 Å². The van der Waals surface area contributed by atoms with Gasteiger partial charge in [0.05, 0.1) is 0 Å². The zero-order chi connectivity index (χ0) is 8.11. The van der Waals surface area contributed by atoms with Crippen molar-refractivity contribution in [1.29, 1.82) is 0 Å². The van der Waals surface area contributed by atoms with Crippen LogP contribution in [0.5, 0.6) is 0 Å². The molecule has 2 aliphatic rings. The van der Waals surface area contributed by atoms with Crippen molar-refractivity contribution in [1.82, 2.24) is 4.90 Å². The summed E-state index contributed by atoms with van der Waals surface area (Å²) in [7, 11) is 0. The minimum absolute atomic E-state index is 0.526. The summed E-state index contributed by atoms with van der Waals surface area (Å²) in [6, 6.07) is 0. The molecule has 0 saturated carbocycles. The first-order chi connectivity index (χ1) is 5.04. The largest absolute Gasteiger partial charge is 0.303 e. The molecular formula is C10H19N. The maximum Gasteiger partial charge on any atom is 0.00440 e. The van der Waals surface area contributed by atoms with Crippen molar-refractivity contribution in [2.24, 2.45) is 10.8 Å². The second kappa shape index (κ2) is 2.01. The SMILES string of the molecule is CC(C)(C)C12CCN(CC1)C2. The Morgan fingerprint density at radius 2 is 1.64 bits per heavy atom. The molecule has 1 nitrogen and oxygen atoms in total. The zero-order valence-corrected chi connectivity index (χ0v) is 7.98. The van der Waals surface area contributed by atoms with Gasteiger partial charge in [-0.1, -0.05) is 20.8 Å². The molecule has 2 fully saturated rings. The summed E-state index contributed by atoms with van der Waals surface area (Å²) in [5.41, 5.74) is 1.20. The molecule has 0 atom stereocenters. The first kappa shape index (κ1) is 7.60. The standard InChI is InChI=1S/C10H19N/c1-9(2,3)10-4-6-11(8-10)7-5-10/h4-8H2,1-3H3. The minimum atomic E-state index is 0.526. The number of nitrogens with zero attached hydrogens (tertiary/aromatic N) is 1. The second-order valence-corrected chi connectivity index (χ2v) is 5.31. The van der Waals surface area contributed by atoms with Crippen LogP contribution in [0.4, 0.5) is 0 Å². The Labute approximate surface area is 69.8 Å². The van der Waals surface area contributed by atoms with E-state index in [0.717, 1.165) is 0 Å². The Kier molecular flexibility index (Phi) is 1.39. The lowest BCUT2D eigenvalue weighted by molar-refractivity contribution is 0.117. The van der Waals surface area contributed by atoms with Gasteiger partial charge in [0.25, 0.3) is 0 Å². The Balaban J connectivity index is 2.23. The molecule has 2 bridgehead atoms. The van der Waals surface area contributed by atoms with Crippen LogP contribution >= 0.6 is 0 Å². The molecule has 2 saturated heterocycles. The number of hydrogen-bond donors (Lipinski definition) is 0.